The van der Waals surface area contributed by atoms with E-state index in [-0.39, 0.29) is 17.9 Å². The second-order valence-electron chi connectivity index (χ2n) is 4.12. The van der Waals surface area contributed by atoms with Crippen LogP contribution in [0.5, 0.6) is 0 Å². The van der Waals surface area contributed by atoms with Gasteiger partial charge in [0.15, 0.2) is 0 Å². The van der Waals surface area contributed by atoms with Crippen molar-refractivity contribution in [2.45, 2.75) is 19.4 Å². The Morgan fingerprint density at radius 2 is 2.16 bits per heavy atom. The minimum Gasteiger partial charge on any atom is -0.480 e. The number of sulfone groups is 1. The summed E-state index contributed by atoms with van der Waals surface area (Å²) >= 11 is 0. The molecule has 1 unspecified atom stereocenters. The summed E-state index contributed by atoms with van der Waals surface area (Å²) in [6, 6.07) is -1.30. The number of nitrogens with zero attached hydrogens (tertiary/aromatic N) is 1. The SMILES string of the molecule is Cc1cnoc1C(=O)NC(CCS(C)(=O)=O)C(=O)O. The summed E-state index contributed by atoms with van der Waals surface area (Å²) in [6.45, 7) is 1.58. The molecule has 2 N–H and O–H groups in total. The topological polar surface area (TPSA) is 127 Å². The van der Waals surface area contributed by atoms with Gasteiger partial charge in [0.1, 0.15) is 15.9 Å². The van der Waals surface area contributed by atoms with Gasteiger partial charge in [-0.05, 0) is 13.3 Å². The zero-order chi connectivity index (χ0) is 14.6. The van der Waals surface area contributed by atoms with Crippen LogP contribution >= 0.6 is 0 Å². The monoisotopic (exact) mass is 290 g/mol. The standard InChI is InChI=1S/C10H14N2O6S/c1-6-5-11-18-8(6)9(13)12-7(10(14)15)3-4-19(2,16)17/h5,7H,3-4H2,1-2H3,(H,12,13)(H,14,15). The predicted octanol–water partition coefficient (Wildman–Crippen LogP) is -0.399. The minimum atomic E-state index is -3.30. The van der Waals surface area contributed by atoms with Crippen LogP contribution in [0.4, 0.5) is 0 Å². The molecule has 106 valence electrons. The van der Waals surface area contributed by atoms with Gasteiger partial charge in [-0.3, -0.25) is 4.79 Å². The molecule has 0 aliphatic carbocycles. The molecule has 1 aromatic rings. The summed E-state index contributed by atoms with van der Waals surface area (Å²) in [4.78, 5) is 22.7. The van der Waals surface area contributed by atoms with Crippen molar-refractivity contribution in [1.82, 2.24) is 10.5 Å². The maximum Gasteiger partial charge on any atom is 0.326 e. The fraction of sp³-hybridized carbons (Fsp3) is 0.500. The van der Waals surface area contributed by atoms with Gasteiger partial charge in [-0.2, -0.15) is 0 Å². The Labute approximate surface area is 109 Å². The summed E-state index contributed by atoms with van der Waals surface area (Å²) in [7, 11) is -3.30. The van der Waals surface area contributed by atoms with Gasteiger partial charge in [0.2, 0.25) is 5.76 Å². The summed E-state index contributed by atoms with van der Waals surface area (Å²) in [5.74, 6) is -2.48. The van der Waals surface area contributed by atoms with Crippen LogP contribution in [0.1, 0.15) is 22.5 Å². The minimum absolute atomic E-state index is 0.0920. The van der Waals surface area contributed by atoms with Crippen molar-refractivity contribution in [2.24, 2.45) is 0 Å². The van der Waals surface area contributed by atoms with E-state index in [1.54, 1.807) is 6.92 Å². The lowest BCUT2D eigenvalue weighted by Gasteiger charge is -2.12. The molecule has 1 aromatic heterocycles. The number of amides is 1. The number of aliphatic carboxylic acids is 1. The van der Waals surface area contributed by atoms with E-state index >= 15 is 0 Å². The van der Waals surface area contributed by atoms with Crippen molar-refractivity contribution in [3.63, 3.8) is 0 Å². The van der Waals surface area contributed by atoms with E-state index in [2.05, 4.69) is 15.0 Å². The van der Waals surface area contributed by atoms with E-state index in [9.17, 15) is 18.0 Å². The third-order valence-electron chi connectivity index (χ3n) is 2.34. The first-order valence-corrected chi connectivity index (χ1v) is 7.39. The maximum atomic E-state index is 11.7. The number of carboxylic acid groups (broad SMARTS) is 1. The number of rotatable bonds is 6. The molecule has 1 rings (SSSR count). The lowest BCUT2D eigenvalue weighted by atomic mass is 10.2. The van der Waals surface area contributed by atoms with E-state index in [4.69, 9.17) is 5.11 Å². The molecule has 0 fully saturated rings. The van der Waals surface area contributed by atoms with Crippen molar-refractivity contribution < 1.29 is 27.6 Å². The van der Waals surface area contributed by atoms with Gasteiger partial charge in [-0.1, -0.05) is 5.16 Å². The second kappa shape index (κ2) is 5.83. The zero-order valence-electron chi connectivity index (χ0n) is 10.4. The average molecular weight is 290 g/mol. The highest BCUT2D eigenvalue weighted by atomic mass is 32.2. The second-order valence-corrected chi connectivity index (χ2v) is 6.38. The summed E-state index contributed by atoms with van der Waals surface area (Å²) in [6.07, 6.45) is 2.10. The summed E-state index contributed by atoms with van der Waals surface area (Å²) in [5, 5.41) is 14.5. The number of hydrogen-bond donors (Lipinski definition) is 2. The van der Waals surface area contributed by atoms with Crippen LogP contribution in [0.3, 0.4) is 0 Å². The van der Waals surface area contributed by atoms with E-state index in [1.807, 2.05) is 0 Å². The molecule has 1 amide bonds. The van der Waals surface area contributed by atoms with Gasteiger partial charge < -0.3 is 14.9 Å². The summed E-state index contributed by atoms with van der Waals surface area (Å²) < 4.78 is 26.7. The Morgan fingerprint density at radius 1 is 1.53 bits per heavy atom. The van der Waals surface area contributed by atoms with Crippen LogP contribution in [-0.4, -0.2) is 48.6 Å². The van der Waals surface area contributed by atoms with E-state index < -0.39 is 27.8 Å². The Kier molecular flexibility index (Phi) is 4.65. The van der Waals surface area contributed by atoms with Crippen molar-refractivity contribution in [3.8, 4) is 0 Å². The van der Waals surface area contributed by atoms with Gasteiger partial charge in [0, 0.05) is 11.8 Å². The van der Waals surface area contributed by atoms with Crippen LogP contribution < -0.4 is 5.32 Å². The van der Waals surface area contributed by atoms with Crippen LogP contribution in [-0.2, 0) is 14.6 Å². The number of carbonyl (C=O) groups excluding carboxylic acids is 1. The van der Waals surface area contributed by atoms with Crippen LogP contribution in [0, 0.1) is 6.92 Å². The van der Waals surface area contributed by atoms with Gasteiger partial charge in [-0.25, -0.2) is 13.2 Å². The molecule has 0 bridgehead atoms. The Hall–Kier alpha value is -1.90. The zero-order valence-corrected chi connectivity index (χ0v) is 11.2. The van der Waals surface area contributed by atoms with Crippen LogP contribution in [0.15, 0.2) is 10.7 Å². The molecule has 0 spiro atoms. The number of hydrogen-bond acceptors (Lipinski definition) is 6. The number of carboxylic acids is 1. The highest BCUT2D eigenvalue weighted by Gasteiger charge is 2.24. The lowest BCUT2D eigenvalue weighted by Crippen LogP contribution is -2.42. The van der Waals surface area contributed by atoms with Crippen LogP contribution in [0.25, 0.3) is 0 Å². The molecule has 1 atom stereocenters. The van der Waals surface area contributed by atoms with E-state index in [1.165, 1.54) is 6.20 Å². The normalized spacial score (nSPS) is 12.9. The van der Waals surface area contributed by atoms with Crippen molar-refractivity contribution in [2.75, 3.05) is 12.0 Å². The molecule has 8 nitrogen and oxygen atoms in total. The number of aromatic nitrogens is 1. The Morgan fingerprint density at radius 3 is 2.58 bits per heavy atom. The van der Waals surface area contributed by atoms with Crippen molar-refractivity contribution in [3.05, 3.63) is 17.5 Å². The molecular weight excluding hydrogens is 276 g/mol. The molecule has 0 saturated heterocycles. The highest BCUT2D eigenvalue weighted by molar-refractivity contribution is 7.90. The molecule has 9 heteroatoms. The van der Waals surface area contributed by atoms with Gasteiger partial charge in [0.25, 0.3) is 5.91 Å². The number of nitrogens with one attached hydrogen (secondary N) is 1. The van der Waals surface area contributed by atoms with Crippen molar-refractivity contribution >= 4 is 21.7 Å². The largest absolute Gasteiger partial charge is 0.480 e. The average Bonchev–Trinajstić information content (AvgIpc) is 2.68. The van der Waals surface area contributed by atoms with Gasteiger partial charge >= 0.3 is 5.97 Å². The third kappa shape index (κ3) is 4.70. The first-order valence-electron chi connectivity index (χ1n) is 5.33. The Balaban J connectivity index is 2.72. The molecule has 0 saturated carbocycles. The van der Waals surface area contributed by atoms with E-state index in [0.29, 0.717) is 5.56 Å². The van der Waals surface area contributed by atoms with Gasteiger partial charge in [-0.15, -0.1) is 0 Å². The smallest absolute Gasteiger partial charge is 0.326 e. The summed E-state index contributed by atoms with van der Waals surface area (Å²) in [5.41, 5.74) is 0.463. The molecular formula is C10H14N2O6S. The molecule has 0 aliphatic rings. The number of carbonyl (C=O) groups is 2. The molecule has 0 aromatic carbocycles. The third-order valence-corrected chi connectivity index (χ3v) is 3.31. The predicted molar refractivity (Wildman–Crippen MR) is 64.5 cm³/mol. The van der Waals surface area contributed by atoms with E-state index in [0.717, 1.165) is 6.26 Å². The molecule has 0 aliphatic heterocycles. The fourth-order valence-corrected chi connectivity index (χ4v) is 1.99. The first kappa shape index (κ1) is 15.2. The van der Waals surface area contributed by atoms with Gasteiger partial charge in [0.05, 0.1) is 11.9 Å². The highest BCUT2D eigenvalue weighted by Crippen LogP contribution is 2.07. The van der Waals surface area contributed by atoms with Crippen LogP contribution in [0.2, 0.25) is 0 Å². The molecule has 1 heterocycles. The van der Waals surface area contributed by atoms with Crippen molar-refractivity contribution in [1.29, 1.82) is 0 Å². The Bertz CT molecular complexity index is 577. The lowest BCUT2D eigenvalue weighted by molar-refractivity contribution is -0.139. The first-order chi connectivity index (χ1) is 8.70. The molecule has 0 radical (unpaired) electrons. The molecule has 19 heavy (non-hydrogen) atoms. The fourth-order valence-electron chi connectivity index (χ4n) is 1.32. The number of aryl methyl sites for hydroxylation is 1. The quantitative estimate of drug-likeness (QED) is 0.729. The maximum absolute atomic E-state index is 11.7.